The van der Waals surface area contributed by atoms with E-state index in [2.05, 4.69) is 23.8 Å². The molecule has 0 radical (unpaired) electrons. The molecule has 0 saturated carbocycles. The Hall–Kier alpha value is -2.57. The molecule has 2 rings (SSSR count). The molecular weight excluding hydrogens is 318 g/mol. The van der Waals surface area contributed by atoms with Crippen LogP contribution in [0.1, 0.15) is 33.3 Å². The number of nitrogens with two attached hydrogens (primary N) is 1. The highest BCUT2D eigenvalue weighted by Crippen LogP contribution is 2.21. The zero-order valence-corrected chi connectivity index (χ0v) is 15.3. The quantitative estimate of drug-likeness (QED) is 0.798. The monoisotopic (exact) mass is 345 g/mol. The number of nitrogen functional groups attached to an aromatic ring is 1. The lowest BCUT2D eigenvalue weighted by Crippen LogP contribution is -2.40. The van der Waals surface area contributed by atoms with E-state index in [0.29, 0.717) is 31.2 Å². The van der Waals surface area contributed by atoms with Gasteiger partial charge in [0, 0.05) is 32.0 Å². The Balaban J connectivity index is 2.52. The van der Waals surface area contributed by atoms with E-state index in [0.717, 1.165) is 5.56 Å². The molecule has 136 valence electrons. The van der Waals surface area contributed by atoms with E-state index in [1.165, 1.54) is 4.57 Å². The van der Waals surface area contributed by atoms with E-state index in [4.69, 9.17) is 5.73 Å². The van der Waals surface area contributed by atoms with Crippen LogP contribution in [-0.4, -0.2) is 21.1 Å². The second-order valence-corrected chi connectivity index (χ2v) is 7.13. The van der Waals surface area contributed by atoms with Crippen molar-refractivity contribution in [3.8, 4) is 0 Å². The minimum absolute atomic E-state index is 0.215. The molecule has 0 spiro atoms. The summed E-state index contributed by atoms with van der Waals surface area (Å²) in [4.78, 5) is 33.1. The van der Waals surface area contributed by atoms with Gasteiger partial charge in [0.05, 0.1) is 0 Å². The summed E-state index contributed by atoms with van der Waals surface area (Å²) in [6.07, 6.45) is 3.47. The predicted octanol–water partition coefficient (Wildman–Crippen LogP) is 1.83. The van der Waals surface area contributed by atoms with Crippen LogP contribution in [0.3, 0.4) is 0 Å². The first kappa shape index (κ1) is 18.8. The fourth-order valence-electron chi connectivity index (χ4n) is 2.82. The Morgan fingerprint density at radius 1 is 1.24 bits per heavy atom. The number of hydrogen-bond acceptors (Lipinski definition) is 5. The van der Waals surface area contributed by atoms with Crippen molar-refractivity contribution < 1.29 is 0 Å². The molecule has 0 amide bonds. The molecule has 0 atom stereocenters. The highest BCUT2D eigenvalue weighted by molar-refractivity contribution is 5.62. The molecule has 25 heavy (non-hydrogen) atoms. The fraction of sp³-hybridized carbons (Fsp3) is 0.500. The molecule has 7 heteroatoms. The van der Waals surface area contributed by atoms with Gasteiger partial charge in [-0.1, -0.05) is 33.8 Å². The molecule has 0 aliphatic heterocycles. The lowest BCUT2D eigenvalue weighted by atomic mass is 10.1. The Bertz CT molecular complexity index is 808. The predicted molar refractivity (Wildman–Crippen MR) is 101 cm³/mol. The van der Waals surface area contributed by atoms with E-state index in [1.54, 1.807) is 12.4 Å². The molecule has 2 heterocycles. The minimum atomic E-state index is -0.467. The number of rotatable bonds is 7. The number of aromatic amines is 1. The summed E-state index contributed by atoms with van der Waals surface area (Å²) in [6.45, 7) is 9.74. The van der Waals surface area contributed by atoms with Gasteiger partial charge in [-0.3, -0.25) is 19.3 Å². The number of pyridine rings is 1. The maximum atomic E-state index is 12.5. The van der Waals surface area contributed by atoms with Crippen LogP contribution in [0.5, 0.6) is 0 Å². The van der Waals surface area contributed by atoms with Gasteiger partial charge >= 0.3 is 5.69 Å². The average molecular weight is 345 g/mol. The maximum Gasteiger partial charge on any atom is 0.330 e. The third-order valence-electron chi connectivity index (χ3n) is 3.76. The molecule has 0 aliphatic rings. The minimum Gasteiger partial charge on any atom is -0.383 e. The van der Waals surface area contributed by atoms with E-state index in [-0.39, 0.29) is 11.7 Å². The molecule has 0 unspecified atom stereocenters. The smallest absolute Gasteiger partial charge is 0.330 e. The van der Waals surface area contributed by atoms with Crippen LogP contribution in [0.25, 0.3) is 0 Å². The fourth-order valence-corrected chi connectivity index (χ4v) is 2.82. The molecule has 7 nitrogen and oxygen atoms in total. The molecule has 0 saturated heterocycles. The first-order chi connectivity index (χ1) is 11.8. The van der Waals surface area contributed by atoms with Crippen molar-refractivity contribution in [3.05, 3.63) is 50.9 Å². The number of nitrogens with one attached hydrogen (secondary N) is 1. The molecule has 2 aromatic rings. The van der Waals surface area contributed by atoms with Crippen molar-refractivity contribution in [2.45, 2.75) is 40.8 Å². The highest BCUT2D eigenvalue weighted by Gasteiger charge is 2.20. The van der Waals surface area contributed by atoms with Crippen molar-refractivity contribution >= 4 is 11.5 Å². The highest BCUT2D eigenvalue weighted by atomic mass is 16.2. The van der Waals surface area contributed by atoms with Crippen LogP contribution in [-0.2, 0) is 13.1 Å². The summed E-state index contributed by atoms with van der Waals surface area (Å²) in [5.74, 6) is 0.767. The summed E-state index contributed by atoms with van der Waals surface area (Å²) < 4.78 is 1.44. The van der Waals surface area contributed by atoms with E-state index in [1.807, 2.05) is 30.9 Å². The van der Waals surface area contributed by atoms with Crippen LogP contribution >= 0.6 is 0 Å². The second-order valence-electron chi connectivity index (χ2n) is 7.13. The topological polar surface area (TPSA) is 97.0 Å². The molecular formula is C18H27N5O2. The zero-order chi connectivity index (χ0) is 18.6. The molecule has 0 bridgehead atoms. The Kier molecular flexibility index (Phi) is 6.01. The molecule has 0 aromatic carbocycles. The Morgan fingerprint density at radius 2 is 1.96 bits per heavy atom. The van der Waals surface area contributed by atoms with Crippen LogP contribution in [0.2, 0.25) is 0 Å². The SMILES string of the molecule is CC(C)CN(Cc1cccnc1)c1c(N)n(CC(C)C)c(=O)[nH]c1=O. The van der Waals surface area contributed by atoms with Crippen molar-refractivity contribution in [2.75, 3.05) is 17.2 Å². The van der Waals surface area contributed by atoms with Crippen LogP contribution < -0.4 is 21.9 Å². The van der Waals surface area contributed by atoms with E-state index in [9.17, 15) is 9.59 Å². The summed E-state index contributed by atoms with van der Waals surface area (Å²) in [5, 5.41) is 0. The molecule has 0 aliphatic carbocycles. The zero-order valence-electron chi connectivity index (χ0n) is 15.3. The van der Waals surface area contributed by atoms with Crippen molar-refractivity contribution in [2.24, 2.45) is 11.8 Å². The van der Waals surface area contributed by atoms with Gasteiger partial charge in [0.1, 0.15) is 11.5 Å². The Labute approximate surface area is 147 Å². The van der Waals surface area contributed by atoms with Crippen LogP contribution in [0.4, 0.5) is 11.5 Å². The summed E-state index contributed by atoms with van der Waals surface area (Å²) in [6, 6.07) is 3.81. The number of H-pyrrole nitrogens is 1. The van der Waals surface area contributed by atoms with Gasteiger partial charge in [-0.05, 0) is 23.5 Å². The largest absolute Gasteiger partial charge is 0.383 e. The first-order valence-electron chi connectivity index (χ1n) is 8.56. The van der Waals surface area contributed by atoms with Crippen molar-refractivity contribution in [3.63, 3.8) is 0 Å². The van der Waals surface area contributed by atoms with Crippen molar-refractivity contribution in [1.29, 1.82) is 0 Å². The summed E-state index contributed by atoms with van der Waals surface area (Å²) >= 11 is 0. The third-order valence-corrected chi connectivity index (χ3v) is 3.76. The van der Waals surface area contributed by atoms with Gasteiger partial charge in [0.15, 0.2) is 0 Å². The van der Waals surface area contributed by atoms with E-state index < -0.39 is 11.2 Å². The molecule has 0 fully saturated rings. The Morgan fingerprint density at radius 3 is 2.52 bits per heavy atom. The van der Waals surface area contributed by atoms with Crippen molar-refractivity contribution in [1.82, 2.24) is 14.5 Å². The van der Waals surface area contributed by atoms with Gasteiger partial charge in [0.25, 0.3) is 5.56 Å². The number of aromatic nitrogens is 3. The summed E-state index contributed by atoms with van der Waals surface area (Å²) in [5.41, 5.74) is 6.65. The normalized spacial score (nSPS) is 11.3. The summed E-state index contributed by atoms with van der Waals surface area (Å²) in [7, 11) is 0. The lowest BCUT2D eigenvalue weighted by Gasteiger charge is -2.28. The van der Waals surface area contributed by atoms with Gasteiger partial charge in [-0.15, -0.1) is 0 Å². The second kappa shape index (κ2) is 8.00. The first-order valence-corrected chi connectivity index (χ1v) is 8.56. The number of anilines is 2. The van der Waals surface area contributed by atoms with Gasteiger partial charge in [0.2, 0.25) is 0 Å². The van der Waals surface area contributed by atoms with Crippen LogP contribution in [0, 0.1) is 11.8 Å². The third kappa shape index (κ3) is 4.71. The van der Waals surface area contributed by atoms with Gasteiger partial charge < -0.3 is 10.6 Å². The van der Waals surface area contributed by atoms with Crippen LogP contribution in [0.15, 0.2) is 34.1 Å². The standard InChI is InChI=1S/C18H27N5O2/c1-12(2)9-22(11-14-6-5-7-20-8-14)15-16(19)23(10-13(3)4)18(25)21-17(15)24/h5-8,12-13H,9-11,19H2,1-4H3,(H,21,24,25). The molecule has 2 aromatic heterocycles. The maximum absolute atomic E-state index is 12.5. The number of nitrogens with zero attached hydrogens (tertiary/aromatic N) is 3. The van der Waals surface area contributed by atoms with Gasteiger partial charge in [-0.25, -0.2) is 4.79 Å². The van der Waals surface area contributed by atoms with Gasteiger partial charge in [-0.2, -0.15) is 0 Å². The molecule has 3 N–H and O–H groups in total. The lowest BCUT2D eigenvalue weighted by molar-refractivity contribution is 0.505. The van der Waals surface area contributed by atoms with E-state index >= 15 is 0 Å². The average Bonchev–Trinajstić information content (AvgIpc) is 2.51. The number of hydrogen-bond donors (Lipinski definition) is 2.